The normalized spacial score (nSPS) is 10.3. The van der Waals surface area contributed by atoms with Gasteiger partial charge in [-0.25, -0.2) is 4.79 Å². The van der Waals surface area contributed by atoms with Gasteiger partial charge in [0, 0.05) is 29.1 Å². The molecule has 2 N–H and O–H groups in total. The summed E-state index contributed by atoms with van der Waals surface area (Å²) >= 11 is 6.97. The molecule has 0 atom stereocenters. The zero-order valence-corrected chi connectivity index (χ0v) is 20.5. The minimum atomic E-state index is -0.397. The van der Waals surface area contributed by atoms with Gasteiger partial charge in [0.1, 0.15) is 5.00 Å². The van der Waals surface area contributed by atoms with Crippen LogP contribution in [0.4, 0.5) is 10.7 Å². The molecular weight excluding hydrogens is 460 g/mol. The average molecular weight is 487 g/mol. The lowest BCUT2D eigenvalue weighted by Gasteiger charge is -2.16. The molecule has 0 unspecified atom stereocenters. The second kappa shape index (κ2) is 11.5. The highest BCUT2D eigenvalue weighted by atomic mass is 32.1. The molecule has 0 saturated carbocycles. The zero-order valence-electron chi connectivity index (χ0n) is 18.9. The number of methoxy groups -OCH3 is 3. The molecule has 0 bridgehead atoms. The van der Waals surface area contributed by atoms with Crippen LogP contribution in [0, 0.1) is 0 Å². The first-order valence-corrected chi connectivity index (χ1v) is 11.4. The topological polar surface area (TPSA) is 78.1 Å². The predicted molar refractivity (Wildman–Crippen MR) is 135 cm³/mol. The number of anilines is 2. The smallest absolute Gasteiger partial charge is 0.341 e. The number of ether oxygens (including phenoxy) is 4. The first-order valence-electron chi connectivity index (χ1n) is 10.2. The minimum absolute atomic E-state index is 0.288. The van der Waals surface area contributed by atoms with Crippen molar-refractivity contribution < 1.29 is 23.7 Å². The van der Waals surface area contributed by atoms with Gasteiger partial charge in [0.25, 0.3) is 0 Å². The summed E-state index contributed by atoms with van der Waals surface area (Å²) in [4.78, 5) is 13.6. The summed E-state index contributed by atoms with van der Waals surface area (Å²) in [7, 11) is 4.63. The summed E-state index contributed by atoms with van der Waals surface area (Å²) in [6.07, 6.45) is 0.701. The van der Waals surface area contributed by atoms with Gasteiger partial charge >= 0.3 is 5.97 Å². The summed E-state index contributed by atoms with van der Waals surface area (Å²) in [6, 6.07) is 15.4. The average Bonchev–Trinajstić information content (AvgIpc) is 3.20. The molecule has 0 amide bonds. The van der Waals surface area contributed by atoms with E-state index >= 15 is 0 Å². The van der Waals surface area contributed by atoms with Crippen molar-refractivity contribution in [2.75, 3.05) is 38.6 Å². The van der Waals surface area contributed by atoms with Crippen LogP contribution in [0.2, 0.25) is 0 Å². The molecule has 0 aliphatic carbocycles. The van der Waals surface area contributed by atoms with E-state index in [0.717, 1.165) is 10.4 Å². The van der Waals surface area contributed by atoms with Gasteiger partial charge in [-0.3, -0.25) is 0 Å². The molecular formula is C24H26N2O5S2. The maximum absolute atomic E-state index is 12.5. The van der Waals surface area contributed by atoms with Crippen molar-refractivity contribution in [1.82, 2.24) is 0 Å². The van der Waals surface area contributed by atoms with Crippen molar-refractivity contribution in [3.63, 3.8) is 0 Å². The molecule has 9 heteroatoms. The Balaban J connectivity index is 1.82. The predicted octanol–water partition coefficient (Wildman–Crippen LogP) is 5.35. The van der Waals surface area contributed by atoms with E-state index in [1.54, 1.807) is 40.4 Å². The third-order valence-electron chi connectivity index (χ3n) is 4.65. The van der Waals surface area contributed by atoms with E-state index in [4.69, 9.17) is 31.2 Å². The molecule has 174 valence electrons. The Kier molecular flexibility index (Phi) is 8.51. The van der Waals surface area contributed by atoms with Gasteiger partial charge in [0.05, 0.1) is 33.5 Å². The van der Waals surface area contributed by atoms with E-state index in [2.05, 4.69) is 10.6 Å². The number of hydrogen-bond acceptors (Lipinski definition) is 7. The van der Waals surface area contributed by atoms with Crippen LogP contribution in [-0.4, -0.2) is 39.0 Å². The Bertz CT molecular complexity index is 1090. The van der Waals surface area contributed by atoms with E-state index in [9.17, 15) is 4.79 Å². The first kappa shape index (κ1) is 24.3. The molecule has 0 aliphatic rings. The molecule has 0 saturated heterocycles. The second-order valence-corrected chi connectivity index (χ2v) is 8.38. The number of carbonyl (C=O) groups excluding carboxylic acids is 1. The van der Waals surface area contributed by atoms with Crippen LogP contribution in [-0.2, 0) is 11.2 Å². The SMILES string of the molecule is CCOC(=O)c1cc(Cc2ccccc2)sc1NC(=S)Nc1cc(OC)c(OC)c(OC)c1. The number of benzene rings is 2. The Morgan fingerprint density at radius 2 is 1.64 bits per heavy atom. The number of thiophene rings is 1. The van der Waals surface area contributed by atoms with E-state index in [0.29, 0.717) is 45.0 Å². The fraction of sp³-hybridized carbons (Fsp3) is 0.250. The van der Waals surface area contributed by atoms with Crippen LogP contribution in [0.15, 0.2) is 48.5 Å². The molecule has 2 aromatic carbocycles. The molecule has 0 radical (unpaired) electrons. The molecule has 7 nitrogen and oxygen atoms in total. The van der Waals surface area contributed by atoms with Crippen LogP contribution in [0.1, 0.15) is 27.7 Å². The van der Waals surface area contributed by atoms with Crippen LogP contribution in [0.25, 0.3) is 0 Å². The molecule has 0 spiro atoms. The monoisotopic (exact) mass is 486 g/mol. The number of rotatable bonds is 9. The highest BCUT2D eigenvalue weighted by molar-refractivity contribution is 7.80. The molecule has 1 heterocycles. The fourth-order valence-electron chi connectivity index (χ4n) is 3.20. The number of carbonyl (C=O) groups is 1. The van der Waals surface area contributed by atoms with Crippen LogP contribution in [0.5, 0.6) is 17.2 Å². The van der Waals surface area contributed by atoms with Gasteiger partial charge in [-0.15, -0.1) is 11.3 Å². The van der Waals surface area contributed by atoms with Crippen molar-refractivity contribution in [2.45, 2.75) is 13.3 Å². The molecule has 0 fully saturated rings. The van der Waals surface area contributed by atoms with Gasteiger partial charge in [-0.05, 0) is 30.8 Å². The molecule has 33 heavy (non-hydrogen) atoms. The number of nitrogens with one attached hydrogen (secondary N) is 2. The zero-order chi connectivity index (χ0) is 23.8. The maximum atomic E-state index is 12.5. The summed E-state index contributed by atoms with van der Waals surface area (Å²) in [5.74, 6) is 1.08. The summed E-state index contributed by atoms with van der Waals surface area (Å²) in [6.45, 7) is 2.06. The van der Waals surface area contributed by atoms with Gasteiger partial charge < -0.3 is 29.6 Å². The first-order chi connectivity index (χ1) is 16.0. The van der Waals surface area contributed by atoms with E-state index in [1.165, 1.54) is 11.3 Å². The third-order valence-corrected chi connectivity index (χ3v) is 5.90. The van der Waals surface area contributed by atoms with E-state index in [1.807, 2.05) is 36.4 Å². The van der Waals surface area contributed by atoms with Gasteiger partial charge in [-0.1, -0.05) is 30.3 Å². The van der Waals surface area contributed by atoms with Crippen molar-refractivity contribution in [1.29, 1.82) is 0 Å². The van der Waals surface area contributed by atoms with E-state index in [-0.39, 0.29) is 6.61 Å². The quantitative estimate of drug-likeness (QED) is 0.310. The van der Waals surface area contributed by atoms with Crippen molar-refractivity contribution >= 4 is 45.3 Å². The van der Waals surface area contributed by atoms with Gasteiger partial charge in [0.15, 0.2) is 16.6 Å². The Labute approximate surface area is 202 Å². The summed E-state index contributed by atoms with van der Waals surface area (Å²) in [5, 5.41) is 7.16. The largest absolute Gasteiger partial charge is 0.493 e. The lowest BCUT2D eigenvalue weighted by atomic mass is 10.1. The molecule has 1 aromatic heterocycles. The lowest BCUT2D eigenvalue weighted by Crippen LogP contribution is -2.20. The lowest BCUT2D eigenvalue weighted by molar-refractivity contribution is 0.0528. The molecule has 0 aliphatic heterocycles. The third kappa shape index (κ3) is 6.15. The van der Waals surface area contributed by atoms with Crippen molar-refractivity contribution in [2.24, 2.45) is 0 Å². The Morgan fingerprint density at radius 1 is 0.970 bits per heavy atom. The highest BCUT2D eigenvalue weighted by Crippen LogP contribution is 2.40. The molecule has 3 rings (SSSR count). The standard InChI is InChI=1S/C24H26N2O5S2/c1-5-31-23(27)18-14-17(11-15-9-7-6-8-10-15)33-22(18)26-24(32)25-16-12-19(28-2)21(30-4)20(13-16)29-3/h6-10,12-14H,5,11H2,1-4H3,(H2,25,26,32). The van der Waals surface area contributed by atoms with Crippen LogP contribution >= 0.6 is 23.6 Å². The fourth-order valence-corrected chi connectivity index (χ4v) is 4.57. The second-order valence-electron chi connectivity index (χ2n) is 6.83. The minimum Gasteiger partial charge on any atom is -0.493 e. The number of esters is 1. The van der Waals surface area contributed by atoms with E-state index < -0.39 is 5.97 Å². The number of thiocarbonyl (C=S) groups is 1. The summed E-state index contributed by atoms with van der Waals surface area (Å²) < 4.78 is 21.4. The van der Waals surface area contributed by atoms with Gasteiger partial charge in [0.2, 0.25) is 5.75 Å². The summed E-state index contributed by atoms with van der Waals surface area (Å²) in [5.41, 5.74) is 2.24. The van der Waals surface area contributed by atoms with Crippen LogP contribution in [0.3, 0.4) is 0 Å². The maximum Gasteiger partial charge on any atom is 0.341 e. The van der Waals surface area contributed by atoms with Crippen molar-refractivity contribution in [3.05, 3.63) is 64.5 Å². The Morgan fingerprint density at radius 3 is 2.21 bits per heavy atom. The number of hydrogen-bond donors (Lipinski definition) is 2. The highest BCUT2D eigenvalue weighted by Gasteiger charge is 2.19. The Hall–Kier alpha value is -3.30. The molecule has 3 aromatic rings. The van der Waals surface area contributed by atoms with Crippen molar-refractivity contribution in [3.8, 4) is 17.2 Å². The van der Waals surface area contributed by atoms with Crippen LogP contribution < -0.4 is 24.8 Å². The van der Waals surface area contributed by atoms with Gasteiger partial charge in [-0.2, -0.15) is 0 Å².